The summed E-state index contributed by atoms with van der Waals surface area (Å²) in [5.41, 5.74) is 2.56. The molecule has 1 heterocycles. The molecule has 4 rings (SSSR count). The Morgan fingerprint density at radius 2 is 1.65 bits per heavy atom. The molecule has 172 valence electrons. The van der Waals surface area contributed by atoms with Crippen LogP contribution in [0.25, 0.3) is 0 Å². The Labute approximate surface area is 202 Å². The van der Waals surface area contributed by atoms with E-state index in [1.54, 1.807) is 36.4 Å². The van der Waals surface area contributed by atoms with Crippen molar-refractivity contribution < 1.29 is 19.1 Å². The van der Waals surface area contributed by atoms with Gasteiger partial charge in [-0.3, -0.25) is 4.79 Å². The number of benzene rings is 3. The van der Waals surface area contributed by atoms with Crippen LogP contribution >= 0.6 is 11.8 Å². The number of hydrogen-bond acceptors (Lipinski definition) is 7. The van der Waals surface area contributed by atoms with E-state index in [2.05, 4.69) is 16.3 Å². The highest BCUT2D eigenvalue weighted by Crippen LogP contribution is 2.32. The van der Waals surface area contributed by atoms with E-state index in [1.165, 1.54) is 11.8 Å². The maximum atomic E-state index is 12.7. The summed E-state index contributed by atoms with van der Waals surface area (Å²) >= 11 is 1.31. The Balaban J connectivity index is 1.34. The van der Waals surface area contributed by atoms with Crippen molar-refractivity contribution in [1.29, 1.82) is 5.26 Å². The van der Waals surface area contributed by atoms with Gasteiger partial charge in [0.2, 0.25) is 0 Å². The number of ether oxygens (including phenoxy) is 2. The number of amides is 1. The second-order valence-electron chi connectivity index (χ2n) is 7.48. The summed E-state index contributed by atoms with van der Waals surface area (Å²) in [6, 6.07) is 23.8. The molecule has 1 N–H and O–H groups in total. The molecule has 0 bridgehead atoms. The smallest absolute Gasteiger partial charge is 0.339 e. The van der Waals surface area contributed by atoms with Crippen molar-refractivity contribution in [2.24, 2.45) is 0 Å². The number of hydrogen-bond donors (Lipinski definition) is 1. The van der Waals surface area contributed by atoms with Crippen LogP contribution in [0.2, 0.25) is 0 Å². The highest BCUT2D eigenvalue weighted by Gasteiger charge is 2.16. The minimum atomic E-state index is -0.602. The van der Waals surface area contributed by atoms with Gasteiger partial charge in [0, 0.05) is 34.3 Å². The number of rotatable bonds is 7. The second-order valence-corrected chi connectivity index (χ2v) is 8.56. The van der Waals surface area contributed by atoms with Gasteiger partial charge in [0.1, 0.15) is 6.07 Å². The molecule has 0 spiro atoms. The molecule has 0 saturated carbocycles. The zero-order valence-corrected chi connectivity index (χ0v) is 19.2. The van der Waals surface area contributed by atoms with Crippen molar-refractivity contribution in [2.75, 3.05) is 43.1 Å². The average molecular weight is 474 g/mol. The van der Waals surface area contributed by atoms with Gasteiger partial charge in [-0.15, -0.1) is 0 Å². The van der Waals surface area contributed by atoms with Crippen LogP contribution in [0.3, 0.4) is 0 Å². The van der Waals surface area contributed by atoms with Crippen LogP contribution in [-0.4, -0.2) is 44.8 Å². The quantitative estimate of drug-likeness (QED) is 0.510. The normalized spacial score (nSPS) is 13.1. The maximum Gasteiger partial charge on any atom is 0.339 e. The summed E-state index contributed by atoms with van der Waals surface area (Å²) in [7, 11) is 0. The van der Waals surface area contributed by atoms with Crippen molar-refractivity contribution in [3.63, 3.8) is 0 Å². The SMILES string of the molecule is N#Cc1ccccc1Sc1ccccc1C(=O)OCC(=O)Nc1ccc(N2CCOCC2)cc1. The van der Waals surface area contributed by atoms with Gasteiger partial charge < -0.3 is 19.7 Å². The number of nitrogens with zero attached hydrogens (tertiary/aromatic N) is 2. The minimum absolute atomic E-state index is 0.336. The molecule has 7 nitrogen and oxygen atoms in total. The number of nitriles is 1. The van der Waals surface area contributed by atoms with Gasteiger partial charge in [-0.05, 0) is 48.5 Å². The molecule has 34 heavy (non-hydrogen) atoms. The average Bonchev–Trinajstić information content (AvgIpc) is 2.89. The Bertz CT molecular complexity index is 1200. The summed E-state index contributed by atoms with van der Waals surface area (Å²) < 4.78 is 10.6. The lowest BCUT2D eigenvalue weighted by Gasteiger charge is -2.28. The van der Waals surface area contributed by atoms with E-state index in [0.717, 1.165) is 23.7 Å². The van der Waals surface area contributed by atoms with Gasteiger partial charge in [-0.25, -0.2) is 4.79 Å². The number of carbonyl (C=O) groups excluding carboxylic acids is 2. The molecule has 1 saturated heterocycles. The lowest BCUT2D eigenvalue weighted by atomic mass is 10.2. The van der Waals surface area contributed by atoms with Crippen LogP contribution in [-0.2, 0) is 14.3 Å². The van der Waals surface area contributed by atoms with Gasteiger partial charge in [-0.2, -0.15) is 5.26 Å². The molecule has 1 aliphatic rings. The third-order valence-corrected chi connectivity index (χ3v) is 6.35. The van der Waals surface area contributed by atoms with E-state index in [0.29, 0.717) is 34.9 Å². The van der Waals surface area contributed by atoms with E-state index < -0.39 is 18.5 Å². The van der Waals surface area contributed by atoms with Crippen LogP contribution in [0, 0.1) is 11.3 Å². The van der Waals surface area contributed by atoms with Gasteiger partial charge in [0.25, 0.3) is 5.91 Å². The second kappa shape index (κ2) is 11.4. The van der Waals surface area contributed by atoms with Gasteiger partial charge in [0.15, 0.2) is 6.61 Å². The van der Waals surface area contributed by atoms with E-state index in [9.17, 15) is 14.9 Å². The molecule has 1 fully saturated rings. The fraction of sp³-hybridized carbons (Fsp3) is 0.192. The van der Waals surface area contributed by atoms with Crippen LogP contribution in [0.4, 0.5) is 11.4 Å². The Kier molecular flexibility index (Phi) is 7.81. The molecule has 1 amide bonds. The zero-order valence-electron chi connectivity index (χ0n) is 18.4. The molecule has 0 unspecified atom stereocenters. The number of esters is 1. The first-order valence-electron chi connectivity index (χ1n) is 10.8. The van der Waals surface area contributed by atoms with Crippen LogP contribution in [0.15, 0.2) is 82.6 Å². The van der Waals surface area contributed by atoms with Crippen molar-refractivity contribution in [1.82, 2.24) is 0 Å². The maximum absolute atomic E-state index is 12.7. The molecule has 0 aromatic heterocycles. The number of morpholine rings is 1. The van der Waals surface area contributed by atoms with Crippen LogP contribution in [0.5, 0.6) is 0 Å². The summed E-state index contributed by atoms with van der Waals surface area (Å²) in [5, 5.41) is 12.1. The predicted octanol–water partition coefficient (Wildman–Crippen LogP) is 4.34. The van der Waals surface area contributed by atoms with Crippen LogP contribution < -0.4 is 10.2 Å². The van der Waals surface area contributed by atoms with Gasteiger partial charge in [0.05, 0.1) is 24.3 Å². The first kappa shape index (κ1) is 23.4. The van der Waals surface area contributed by atoms with Crippen molar-refractivity contribution in [3.8, 4) is 6.07 Å². The van der Waals surface area contributed by atoms with E-state index in [4.69, 9.17) is 9.47 Å². The topological polar surface area (TPSA) is 91.7 Å². The fourth-order valence-corrected chi connectivity index (χ4v) is 4.49. The number of anilines is 2. The molecule has 0 atom stereocenters. The molecular weight excluding hydrogens is 450 g/mol. The number of nitrogens with one attached hydrogen (secondary N) is 1. The van der Waals surface area contributed by atoms with Gasteiger partial charge in [-0.1, -0.05) is 36.0 Å². The van der Waals surface area contributed by atoms with E-state index >= 15 is 0 Å². The molecule has 0 aliphatic carbocycles. The largest absolute Gasteiger partial charge is 0.452 e. The first-order valence-corrected chi connectivity index (χ1v) is 11.6. The highest BCUT2D eigenvalue weighted by molar-refractivity contribution is 7.99. The van der Waals surface area contributed by atoms with Crippen molar-refractivity contribution in [2.45, 2.75) is 9.79 Å². The van der Waals surface area contributed by atoms with Crippen molar-refractivity contribution in [3.05, 3.63) is 83.9 Å². The molecule has 3 aromatic carbocycles. The standard InChI is InChI=1S/C26H23N3O4S/c27-17-19-5-1-3-7-23(19)34-24-8-4-2-6-22(24)26(31)33-18-25(30)28-20-9-11-21(12-10-20)29-13-15-32-16-14-29/h1-12H,13-16,18H2,(H,28,30). The Morgan fingerprint density at radius 3 is 2.38 bits per heavy atom. The Hall–Kier alpha value is -3.80. The summed E-state index contributed by atoms with van der Waals surface area (Å²) in [6.07, 6.45) is 0. The lowest BCUT2D eigenvalue weighted by Crippen LogP contribution is -2.36. The lowest BCUT2D eigenvalue weighted by molar-refractivity contribution is -0.119. The van der Waals surface area contributed by atoms with E-state index in [1.807, 2.05) is 36.4 Å². The molecule has 1 aliphatic heterocycles. The van der Waals surface area contributed by atoms with Crippen molar-refractivity contribution >= 4 is 35.0 Å². The predicted molar refractivity (Wildman–Crippen MR) is 130 cm³/mol. The molecular formula is C26H23N3O4S. The minimum Gasteiger partial charge on any atom is -0.452 e. The third kappa shape index (κ3) is 5.95. The van der Waals surface area contributed by atoms with E-state index in [-0.39, 0.29) is 0 Å². The number of carbonyl (C=O) groups is 2. The molecule has 8 heteroatoms. The summed E-state index contributed by atoms with van der Waals surface area (Å²) in [6.45, 7) is 2.68. The van der Waals surface area contributed by atoms with Crippen LogP contribution in [0.1, 0.15) is 15.9 Å². The third-order valence-electron chi connectivity index (χ3n) is 5.20. The summed E-state index contributed by atoms with van der Waals surface area (Å²) in [4.78, 5) is 28.6. The zero-order chi connectivity index (χ0) is 23.8. The Morgan fingerprint density at radius 1 is 0.971 bits per heavy atom. The van der Waals surface area contributed by atoms with Gasteiger partial charge >= 0.3 is 5.97 Å². The molecule has 0 radical (unpaired) electrons. The first-order chi connectivity index (χ1) is 16.6. The highest BCUT2D eigenvalue weighted by atomic mass is 32.2. The fourth-order valence-electron chi connectivity index (χ4n) is 3.47. The molecule has 3 aromatic rings. The monoisotopic (exact) mass is 473 g/mol. The summed E-state index contributed by atoms with van der Waals surface area (Å²) in [5.74, 6) is -1.03.